The lowest BCUT2D eigenvalue weighted by molar-refractivity contribution is -0.198. The Labute approximate surface area is 110 Å². The van der Waals surface area contributed by atoms with Crippen LogP contribution in [0.15, 0.2) is 0 Å². The van der Waals surface area contributed by atoms with E-state index in [-0.39, 0.29) is 5.60 Å². The summed E-state index contributed by atoms with van der Waals surface area (Å²) in [5.41, 5.74) is -0.0513. The molecule has 18 heavy (non-hydrogen) atoms. The number of carbonyl (C=O) groups excluding carboxylic acids is 1. The van der Waals surface area contributed by atoms with Gasteiger partial charge in [-0.05, 0) is 56.3 Å². The molecule has 0 saturated heterocycles. The molecule has 0 N–H and O–H groups in total. The average molecular weight is 250 g/mol. The van der Waals surface area contributed by atoms with Crippen LogP contribution in [0.2, 0.25) is 0 Å². The second-order valence-electron chi connectivity index (χ2n) is 6.99. The molecule has 2 nitrogen and oxygen atoms in total. The van der Waals surface area contributed by atoms with E-state index in [1.165, 1.54) is 44.9 Å². The van der Waals surface area contributed by atoms with Crippen LogP contribution in [0.4, 0.5) is 0 Å². The molecule has 0 aromatic carbocycles. The molecule has 0 aliphatic heterocycles. The Kier molecular flexibility index (Phi) is 3.38. The maximum Gasteiger partial charge on any atom is 0.293 e. The Balaban J connectivity index is 1.75. The molecular formula is C16H26O2. The van der Waals surface area contributed by atoms with Crippen LogP contribution in [0.3, 0.4) is 0 Å². The van der Waals surface area contributed by atoms with Crippen LogP contribution in [0.1, 0.15) is 64.7 Å². The van der Waals surface area contributed by atoms with E-state index in [4.69, 9.17) is 4.74 Å². The van der Waals surface area contributed by atoms with Gasteiger partial charge in [0.1, 0.15) is 5.60 Å². The van der Waals surface area contributed by atoms with Crippen molar-refractivity contribution < 1.29 is 9.53 Å². The van der Waals surface area contributed by atoms with Crippen molar-refractivity contribution in [1.82, 2.24) is 0 Å². The van der Waals surface area contributed by atoms with Gasteiger partial charge in [-0.15, -0.1) is 0 Å². The van der Waals surface area contributed by atoms with Crippen LogP contribution in [0.25, 0.3) is 0 Å². The molecule has 4 aliphatic rings. The van der Waals surface area contributed by atoms with E-state index >= 15 is 0 Å². The van der Waals surface area contributed by atoms with Crippen molar-refractivity contribution in [3.63, 3.8) is 0 Å². The lowest BCUT2D eigenvalue weighted by Crippen LogP contribution is -2.58. The Hall–Kier alpha value is -0.530. The molecule has 4 saturated carbocycles. The van der Waals surface area contributed by atoms with Gasteiger partial charge in [0.05, 0.1) is 0 Å². The smallest absolute Gasteiger partial charge is 0.293 e. The first-order valence-corrected chi connectivity index (χ1v) is 7.89. The predicted octanol–water partition coefficient (Wildman–Crippen LogP) is 3.93. The normalized spacial score (nSPS) is 45.2. The summed E-state index contributed by atoms with van der Waals surface area (Å²) in [6, 6.07) is 0. The van der Waals surface area contributed by atoms with Gasteiger partial charge in [-0.2, -0.15) is 0 Å². The molecule has 0 amide bonds. The summed E-state index contributed by atoms with van der Waals surface area (Å²) in [6.45, 7) is 2.99. The van der Waals surface area contributed by atoms with Crippen molar-refractivity contribution in [3.05, 3.63) is 0 Å². The van der Waals surface area contributed by atoms with E-state index in [0.29, 0.717) is 5.92 Å². The van der Waals surface area contributed by atoms with Crippen LogP contribution in [0, 0.1) is 23.7 Å². The minimum absolute atomic E-state index is 0.0513. The summed E-state index contributed by atoms with van der Waals surface area (Å²) in [7, 11) is 0. The first kappa shape index (κ1) is 12.5. The minimum atomic E-state index is -0.0513. The van der Waals surface area contributed by atoms with Gasteiger partial charge in [0.25, 0.3) is 6.47 Å². The fraction of sp³-hybridized carbons (Fsp3) is 0.938. The van der Waals surface area contributed by atoms with Crippen molar-refractivity contribution in [2.24, 2.45) is 23.7 Å². The van der Waals surface area contributed by atoms with E-state index in [2.05, 4.69) is 6.92 Å². The third-order valence-corrected chi connectivity index (χ3v) is 5.85. The zero-order valence-corrected chi connectivity index (χ0v) is 11.6. The van der Waals surface area contributed by atoms with Crippen molar-refractivity contribution >= 4 is 6.47 Å². The predicted molar refractivity (Wildman–Crippen MR) is 71.1 cm³/mol. The van der Waals surface area contributed by atoms with Gasteiger partial charge in [0.15, 0.2) is 0 Å². The maximum absolute atomic E-state index is 10.9. The Morgan fingerprint density at radius 1 is 1.17 bits per heavy atom. The van der Waals surface area contributed by atoms with Gasteiger partial charge in [-0.25, -0.2) is 0 Å². The van der Waals surface area contributed by atoms with Gasteiger partial charge < -0.3 is 4.74 Å². The quantitative estimate of drug-likeness (QED) is 0.527. The number of unbranched alkanes of at least 4 members (excludes halogenated alkanes) is 2. The molecule has 0 aromatic rings. The van der Waals surface area contributed by atoms with Crippen LogP contribution in [-0.4, -0.2) is 12.1 Å². The molecule has 0 spiro atoms. The van der Waals surface area contributed by atoms with Crippen LogP contribution >= 0.6 is 0 Å². The molecule has 4 fully saturated rings. The monoisotopic (exact) mass is 250 g/mol. The fourth-order valence-corrected chi connectivity index (χ4v) is 5.46. The van der Waals surface area contributed by atoms with Crippen LogP contribution < -0.4 is 0 Å². The van der Waals surface area contributed by atoms with E-state index in [9.17, 15) is 4.79 Å². The molecule has 4 aliphatic carbocycles. The van der Waals surface area contributed by atoms with Crippen molar-refractivity contribution in [3.8, 4) is 0 Å². The van der Waals surface area contributed by atoms with Crippen molar-refractivity contribution in [1.29, 1.82) is 0 Å². The summed E-state index contributed by atoms with van der Waals surface area (Å²) in [4.78, 5) is 10.9. The third-order valence-electron chi connectivity index (χ3n) is 5.85. The highest BCUT2D eigenvalue weighted by molar-refractivity contribution is 5.39. The molecule has 4 bridgehead atoms. The number of carbonyl (C=O) groups is 1. The first-order valence-electron chi connectivity index (χ1n) is 7.89. The minimum Gasteiger partial charge on any atom is -0.461 e. The summed E-state index contributed by atoms with van der Waals surface area (Å²) < 4.78 is 5.70. The number of rotatable bonds is 6. The molecule has 4 rings (SSSR count). The Morgan fingerprint density at radius 2 is 1.89 bits per heavy atom. The highest BCUT2D eigenvalue weighted by Gasteiger charge is 2.58. The largest absolute Gasteiger partial charge is 0.461 e. The lowest BCUT2D eigenvalue weighted by Gasteiger charge is -2.60. The molecule has 0 radical (unpaired) electrons. The molecule has 3 unspecified atom stereocenters. The lowest BCUT2D eigenvalue weighted by atomic mass is 9.49. The molecule has 3 atom stereocenters. The molecule has 102 valence electrons. The number of ether oxygens (including phenoxy) is 1. The Bertz CT molecular complexity index is 298. The van der Waals surface area contributed by atoms with Gasteiger partial charge in [-0.1, -0.05) is 26.2 Å². The summed E-state index contributed by atoms with van der Waals surface area (Å²) in [5.74, 6) is 3.23. The Morgan fingerprint density at radius 3 is 2.50 bits per heavy atom. The zero-order chi connectivity index (χ0) is 12.6. The summed E-state index contributed by atoms with van der Waals surface area (Å²) in [5, 5.41) is 0. The number of hydrogen-bond acceptors (Lipinski definition) is 2. The topological polar surface area (TPSA) is 26.3 Å². The van der Waals surface area contributed by atoms with Gasteiger partial charge in [-0.3, -0.25) is 4.79 Å². The first-order chi connectivity index (χ1) is 8.77. The SMILES string of the molecule is CCCCCC1C2CC3CC(C2)CC1(OC=O)C3. The van der Waals surface area contributed by atoms with Gasteiger partial charge in [0, 0.05) is 5.92 Å². The van der Waals surface area contributed by atoms with Gasteiger partial charge >= 0.3 is 0 Å². The summed E-state index contributed by atoms with van der Waals surface area (Å²) in [6.07, 6.45) is 11.8. The molecule has 2 heteroatoms. The maximum atomic E-state index is 10.9. The third kappa shape index (κ3) is 1.98. The van der Waals surface area contributed by atoms with Gasteiger partial charge in [0.2, 0.25) is 0 Å². The molecular weight excluding hydrogens is 224 g/mol. The van der Waals surface area contributed by atoms with Crippen LogP contribution in [0.5, 0.6) is 0 Å². The summed E-state index contributed by atoms with van der Waals surface area (Å²) >= 11 is 0. The van der Waals surface area contributed by atoms with E-state index in [1.807, 2.05) is 0 Å². The molecule has 0 aromatic heterocycles. The fourth-order valence-electron chi connectivity index (χ4n) is 5.46. The van der Waals surface area contributed by atoms with Crippen molar-refractivity contribution in [2.75, 3.05) is 0 Å². The second kappa shape index (κ2) is 4.86. The number of hydrogen-bond donors (Lipinski definition) is 0. The van der Waals surface area contributed by atoms with Crippen molar-refractivity contribution in [2.45, 2.75) is 70.3 Å². The second-order valence-corrected chi connectivity index (χ2v) is 6.99. The highest BCUT2D eigenvalue weighted by atomic mass is 16.5. The van der Waals surface area contributed by atoms with E-state index < -0.39 is 0 Å². The van der Waals surface area contributed by atoms with E-state index in [0.717, 1.165) is 37.1 Å². The highest BCUT2D eigenvalue weighted by Crippen LogP contribution is 2.60. The molecule has 0 heterocycles. The van der Waals surface area contributed by atoms with Crippen LogP contribution in [-0.2, 0) is 9.53 Å². The zero-order valence-electron chi connectivity index (χ0n) is 11.6. The van der Waals surface area contributed by atoms with E-state index in [1.54, 1.807) is 0 Å². The standard InChI is InChI=1S/C16H26O2/c1-2-3-4-5-15-14-7-12-6-13(8-14)10-16(15,9-12)18-11-17/h11-15H,2-10H2,1H3. The average Bonchev–Trinajstić information content (AvgIpc) is 2.32.